The molecule has 5 aromatic rings. The van der Waals surface area contributed by atoms with Crippen LogP contribution in [-0.4, -0.2) is 100 Å². The Morgan fingerprint density at radius 2 is 1.19 bits per heavy atom. The first-order valence-electron chi connectivity index (χ1n) is 24.2. The molecule has 0 spiro atoms. The Kier molecular flexibility index (Phi) is 14.5. The Bertz CT molecular complexity index is 2510. The highest BCUT2D eigenvalue weighted by molar-refractivity contribution is 5.87. The number of likely N-dealkylation sites (tertiary alicyclic amines) is 2. The molecule has 1 radical (unpaired) electrons. The molecule has 68 heavy (non-hydrogen) atoms. The monoisotopic (exact) mass is 926 g/mol. The molecule has 7 atom stereocenters. The number of imidazole rings is 2. The molecule has 8 rings (SSSR count). The minimum absolute atomic E-state index is 0.0156. The molecule has 3 aliphatic rings. The van der Waals surface area contributed by atoms with Crippen LogP contribution in [0.5, 0.6) is 0 Å². The summed E-state index contributed by atoms with van der Waals surface area (Å²) < 4.78 is 17.7. The van der Waals surface area contributed by atoms with Crippen LogP contribution in [0.3, 0.4) is 0 Å². The average Bonchev–Trinajstić information content (AvgIpc) is 4.19. The maximum atomic E-state index is 13.8. The highest BCUT2D eigenvalue weighted by Gasteiger charge is 2.51. The van der Waals surface area contributed by atoms with Gasteiger partial charge in [-0.05, 0) is 71.8 Å². The fourth-order valence-electron chi connectivity index (χ4n) is 10.4. The number of carbonyl (C=O) groups excluding carboxylic acids is 3. The lowest BCUT2D eigenvalue weighted by atomic mass is 9.87. The predicted molar refractivity (Wildman–Crippen MR) is 263 cm³/mol. The summed E-state index contributed by atoms with van der Waals surface area (Å²) in [6.07, 6.45) is 7.78. The molecule has 0 unspecified atom stereocenters. The van der Waals surface area contributed by atoms with Crippen LogP contribution in [0.1, 0.15) is 127 Å². The van der Waals surface area contributed by atoms with Crippen molar-refractivity contribution >= 4 is 23.6 Å². The lowest BCUT2D eigenvalue weighted by molar-refractivity contribution is -0.135. The molecule has 3 aromatic carbocycles. The van der Waals surface area contributed by atoms with Gasteiger partial charge in [-0.2, -0.15) is 0 Å². The maximum Gasteiger partial charge on any atom is 0.407 e. The molecule has 0 bridgehead atoms. The molecule has 361 valence electrons. The number of nitrogens with zero attached hydrogens (tertiary/aromatic N) is 5. The number of aromatic amines is 2. The predicted octanol–water partition coefficient (Wildman–Crippen LogP) is 9.66. The summed E-state index contributed by atoms with van der Waals surface area (Å²) in [6.45, 7) is 15.9. The summed E-state index contributed by atoms with van der Waals surface area (Å²) in [5.74, 6) is 1.51. The van der Waals surface area contributed by atoms with Gasteiger partial charge in [-0.25, -0.2) is 14.8 Å². The number of H-pyrrole nitrogens is 2. The molecule has 2 aromatic heterocycles. The van der Waals surface area contributed by atoms with E-state index in [0.717, 1.165) is 77.4 Å². The number of rotatable bonds is 14. The molecule has 3 amide bonds. The number of methoxy groups -OCH3 is 3. The van der Waals surface area contributed by atoms with E-state index in [-0.39, 0.29) is 65.4 Å². The zero-order chi connectivity index (χ0) is 48.4. The van der Waals surface area contributed by atoms with Crippen molar-refractivity contribution < 1.29 is 28.6 Å². The summed E-state index contributed by atoms with van der Waals surface area (Å²) in [4.78, 5) is 62.0. The smallest absolute Gasteiger partial charge is 0.407 e. The van der Waals surface area contributed by atoms with Gasteiger partial charge in [0.05, 0.1) is 49.1 Å². The number of amides is 3. The molecule has 3 saturated heterocycles. The Morgan fingerprint density at radius 1 is 0.706 bits per heavy atom. The van der Waals surface area contributed by atoms with Gasteiger partial charge in [0.1, 0.15) is 29.9 Å². The van der Waals surface area contributed by atoms with E-state index in [1.807, 2.05) is 49.9 Å². The van der Waals surface area contributed by atoms with E-state index in [2.05, 4.69) is 114 Å². The average molecular weight is 926 g/mol. The zero-order valence-electron chi connectivity index (χ0n) is 41.3. The summed E-state index contributed by atoms with van der Waals surface area (Å²) >= 11 is 0. The minimum Gasteiger partial charge on any atom is -0.453 e. The third kappa shape index (κ3) is 9.80. The van der Waals surface area contributed by atoms with Crippen LogP contribution in [0.15, 0.2) is 85.2 Å². The highest BCUT2D eigenvalue weighted by atomic mass is 16.5. The maximum absolute atomic E-state index is 13.8. The number of hydrogen-bond donors (Lipinski definition) is 3. The lowest BCUT2D eigenvalue weighted by Crippen LogP contribution is -2.51. The first-order chi connectivity index (χ1) is 32.6. The first-order valence-corrected chi connectivity index (χ1v) is 24.2. The van der Waals surface area contributed by atoms with Gasteiger partial charge in [0.25, 0.3) is 0 Å². The Balaban J connectivity index is 1.08. The van der Waals surface area contributed by atoms with Gasteiger partial charge < -0.3 is 44.2 Å². The van der Waals surface area contributed by atoms with Gasteiger partial charge in [-0.3, -0.25) is 9.59 Å². The van der Waals surface area contributed by atoms with Crippen molar-refractivity contribution in [3.63, 3.8) is 0 Å². The third-order valence-electron chi connectivity index (χ3n) is 14.0. The van der Waals surface area contributed by atoms with E-state index in [1.165, 1.54) is 12.7 Å². The standard InChI is InChI=1S/C54H69N8O6/c1-32(2)29-44(63)60-27-11-13-42(60)50-55-30-40(57-50)34-15-19-36(20-16-34)46-48(66-8)49(67-9)47(62(46)39-25-23-38(24-26-39)54(5,6)7)37-21-17-35(18-22-37)41-31-56-51(58-41)43-14-12-28-61(43)52(64)45(33(3)4)59-53(65)68-10/h15-26,29-33,42-43,45-49H,11-14,27-28H2,1-10H3,(H,55,57)(H,56,58)(H,59,65)/t42-,43-,45-,46+,47+,48-,49-/m0/s1. The molecular formula is C54H69N8O6. The van der Waals surface area contributed by atoms with Crippen LogP contribution in [0.4, 0.5) is 10.5 Å². The molecule has 3 aliphatic heterocycles. The number of aromatic nitrogens is 4. The van der Waals surface area contributed by atoms with Crippen LogP contribution < -0.4 is 10.2 Å². The molecule has 14 heteroatoms. The number of ether oxygens (including phenoxy) is 3. The molecule has 3 fully saturated rings. The van der Waals surface area contributed by atoms with E-state index < -0.39 is 12.1 Å². The second-order valence-electron chi connectivity index (χ2n) is 20.2. The van der Waals surface area contributed by atoms with Crippen LogP contribution >= 0.6 is 0 Å². The second-order valence-corrected chi connectivity index (χ2v) is 20.2. The van der Waals surface area contributed by atoms with Crippen molar-refractivity contribution in [3.8, 4) is 22.5 Å². The van der Waals surface area contributed by atoms with Gasteiger partial charge in [-0.15, -0.1) is 0 Å². The molecule has 0 aliphatic carbocycles. The number of alkyl carbamates (subject to hydrolysis) is 1. The SMILES string of the molecule is COC(=O)N[C@H](C(=O)N1CCC[C@H]1c1nc(-c2ccc([C@@H]3[C@H](OC)[C@@H](OC)[C@@H](c4ccc(-c5c[nH]c([C@@H]6CCCN6C(=O)[CH]C(C)C)n5)cc4)N3c3ccc(C(C)(C)C)cc3)cc2)c[nH]1)C(C)C. The van der Waals surface area contributed by atoms with Crippen LogP contribution in [0, 0.1) is 18.3 Å². The minimum atomic E-state index is -0.707. The van der Waals surface area contributed by atoms with Crippen molar-refractivity contribution in [3.05, 3.63) is 120 Å². The largest absolute Gasteiger partial charge is 0.453 e. The van der Waals surface area contributed by atoms with Gasteiger partial charge in [0.2, 0.25) is 11.8 Å². The normalized spacial score (nSPS) is 22.4. The van der Waals surface area contributed by atoms with E-state index >= 15 is 0 Å². The Morgan fingerprint density at radius 3 is 1.63 bits per heavy atom. The third-order valence-corrected chi connectivity index (χ3v) is 14.0. The van der Waals surface area contributed by atoms with Gasteiger partial charge in [0.15, 0.2) is 0 Å². The van der Waals surface area contributed by atoms with Crippen LogP contribution in [0.25, 0.3) is 22.5 Å². The lowest BCUT2D eigenvalue weighted by Gasteiger charge is -2.34. The van der Waals surface area contributed by atoms with Gasteiger partial charge in [-0.1, -0.05) is 109 Å². The topological polar surface area (TPSA) is 158 Å². The van der Waals surface area contributed by atoms with Crippen molar-refractivity contribution in [1.29, 1.82) is 0 Å². The molecular weight excluding hydrogens is 857 g/mol. The molecule has 3 N–H and O–H groups in total. The summed E-state index contributed by atoms with van der Waals surface area (Å²) in [7, 11) is 4.82. The molecule has 5 heterocycles. The Labute approximate surface area is 401 Å². The van der Waals surface area contributed by atoms with E-state index in [9.17, 15) is 14.4 Å². The van der Waals surface area contributed by atoms with E-state index in [4.69, 9.17) is 24.2 Å². The zero-order valence-corrected chi connectivity index (χ0v) is 41.3. The van der Waals surface area contributed by atoms with E-state index in [0.29, 0.717) is 12.4 Å². The number of carbonyl (C=O) groups is 3. The van der Waals surface area contributed by atoms with E-state index in [1.54, 1.807) is 20.6 Å². The molecule has 14 nitrogen and oxygen atoms in total. The molecule has 0 saturated carbocycles. The van der Waals surface area contributed by atoms with Crippen LogP contribution in [0.2, 0.25) is 0 Å². The van der Waals surface area contributed by atoms with Crippen molar-refractivity contribution in [2.75, 3.05) is 39.3 Å². The number of benzene rings is 3. The Hall–Kier alpha value is -5.99. The van der Waals surface area contributed by atoms with Gasteiger partial charge >= 0.3 is 6.09 Å². The first kappa shape index (κ1) is 48.5. The second kappa shape index (κ2) is 20.3. The number of nitrogens with one attached hydrogen (secondary N) is 3. The van der Waals surface area contributed by atoms with Crippen molar-refractivity contribution in [2.45, 2.75) is 122 Å². The highest BCUT2D eigenvalue weighted by Crippen LogP contribution is 2.50. The fourth-order valence-corrected chi connectivity index (χ4v) is 10.4. The van der Waals surface area contributed by atoms with Gasteiger partial charge in [0, 0.05) is 56.5 Å². The summed E-state index contributed by atoms with van der Waals surface area (Å²) in [6, 6.07) is 24.5. The van der Waals surface area contributed by atoms with Crippen molar-refractivity contribution in [2.24, 2.45) is 11.8 Å². The van der Waals surface area contributed by atoms with Crippen LogP contribution in [-0.2, 0) is 29.2 Å². The fraction of sp³-hybridized carbons (Fsp3) is 0.481. The number of hydrogen-bond acceptors (Lipinski definition) is 9. The summed E-state index contributed by atoms with van der Waals surface area (Å²) in [5.41, 5.74) is 7.96. The van der Waals surface area contributed by atoms with Crippen molar-refractivity contribution in [1.82, 2.24) is 35.1 Å². The quantitative estimate of drug-likeness (QED) is 0.0987. The summed E-state index contributed by atoms with van der Waals surface area (Å²) in [5, 5.41) is 2.73. The number of anilines is 1.